The molecular formula is C24H31F7O7S. The summed E-state index contributed by atoms with van der Waals surface area (Å²) >= 11 is 0. The fraction of sp³-hybridized carbons (Fsp3) is 0.958. The highest BCUT2D eigenvalue weighted by Gasteiger charge is 2.75. The van der Waals surface area contributed by atoms with Crippen LogP contribution in [0.15, 0.2) is 0 Å². The lowest BCUT2D eigenvalue weighted by atomic mass is 9.50. The highest BCUT2D eigenvalue weighted by molar-refractivity contribution is 7.88. The molecule has 0 amide bonds. The first kappa shape index (κ1) is 29.3. The van der Waals surface area contributed by atoms with E-state index in [0.717, 1.165) is 19.3 Å². The Hall–Kier alpha value is -1.19. The first-order chi connectivity index (χ1) is 18.0. The van der Waals surface area contributed by atoms with Gasteiger partial charge in [-0.3, -0.25) is 4.18 Å². The lowest BCUT2D eigenvalue weighted by Gasteiger charge is -2.56. The number of halogens is 7. The van der Waals surface area contributed by atoms with Crippen molar-refractivity contribution in [3.05, 3.63) is 0 Å². The van der Waals surface area contributed by atoms with Crippen molar-refractivity contribution < 1.29 is 62.3 Å². The second-order valence-electron chi connectivity index (χ2n) is 12.0. The van der Waals surface area contributed by atoms with Gasteiger partial charge >= 0.3 is 33.4 Å². The van der Waals surface area contributed by atoms with Crippen molar-refractivity contribution in [2.75, 3.05) is 19.8 Å². The molecule has 1 spiro atoms. The van der Waals surface area contributed by atoms with E-state index < -0.39 is 63.3 Å². The average molecular weight is 597 g/mol. The minimum atomic E-state index is -6.93. The summed E-state index contributed by atoms with van der Waals surface area (Å²) in [6, 6.07) is 0. The quantitative estimate of drug-likeness (QED) is 0.227. The normalized spacial score (nSPS) is 36.6. The van der Waals surface area contributed by atoms with Crippen LogP contribution < -0.4 is 0 Å². The average Bonchev–Trinajstić information content (AvgIpc) is 3.20. The Morgan fingerprint density at radius 3 is 1.92 bits per heavy atom. The Labute approximate surface area is 221 Å². The van der Waals surface area contributed by atoms with Crippen LogP contribution in [-0.2, 0) is 33.3 Å². The third kappa shape index (κ3) is 5.07. The minimum Gasteiger partial charge on any atom is -0.462 e. The maximum atomic E-state index is 15.6. The third-order valence-corrected chi connectivity index (χ3v) is 10.7. The van der Waals surface area contributed by atoms with Gasteiger partial charge in [0.25, 0.3) is 0 Å². The van der Waals surface area contributed by atoms with E-state index in [2.05, 4.69) is 8.92 Å². The molecule has 1 heterocycles. The van der Waals surface area contributed by atoms with Gasteiger partial charge in [-0.1, -0.05) is 0 Å². The van der Waals surface area contributed by atoms with E-state index in [-0.39, 0.29) is 50.2 Å². The van der Waals surface area contributed by atoms with E-state index in [1.807, 2.05) is 0 Å². The largest absolute Gasteiger partial charge is 0.462 e. The van der Waals surface area contributed by atoms with Crippen molar-refractivity contribution in [2.45, 2.75) is 93.5 Å². The lowest BCUT2D eigenvalue weighted by molar-refractivity contribution is -0.317. The molecule has 3 atom stereocenters. The van der Waals surface area contributed by atoms with Gasteiger partial charge in [0.1, 0.15) is 0 Å². The molecule has 5 saturated carbocycles. The Morgan fingerprint density at radius 2 is 1.44 bits per heavy atom. The zero-order valence-electron chi connectivity index (χ0n) is 21.0. The summed E-state index contributed by atoms with van der Waals surface area (Å²) in [5, 5.41) is -5.87. The standard InChI is InChI=1S/C24H31F7O7S/c25-22(24(29,30)31,19(32)35-13-20-10-14-7-15(11-20)9-16(8-14)12-20)39(33,34)38-18(23(26,27)28)17-3-1-4-21(17)36-5-2-6-37-21/h14-18H,1-13H2. The molecule has 224 valence electrons. The Kier molecular flexibility index (Phi) is 7.28. The number of ether oxygens (including phenoxy) is 3. The van der Waals surface area contributed by atoms with E-state index in [1.165, 1.54) is 0 Å². The molecule has 1 aliphatic heterocycles. The number of alkyl halides is 7. The minimum absolute atomic E-state index is 0.0277. The van der Waals surface area contributed by atoms with Crippen LogP contribution in [0.4, 0.5) is 30.7 Å². The number of hydrogen-bond acceptors (Lipinski definition) is 7. The maximum absolute atomic E-state index is 15.6. The molecule has 7 nitrogen and oxygen atoms in total. The van der Waals surface area contributed by atoms with Crippen molar-refractivity contribution in [1.82, 2.24) is 0 Å². The Balaban J connectivity index is 1.39. The van der Waals surface area contributed by atoms with Crippen LogP contribution in [0.5, 0.6) is 0 Å². The molecule has 15 heteroatoms. The fourth-order valence-corrected chi connectivity index (χ4v) is 9.19. The van der Waals surface area contributed by atoms with E-state index >= 15 is 4.39 Å². The zero-order valence-corrected chi connectivity index (χ0v) is 21.8. The van der Waals surface area contributed by atoms with Crippen LogP contribution in [0, 0.1) is 29.1 Å². The van der Waals surface area contributed by atoms with E-state index in [0.29, 0.717) is 25.7 Å². The SMILES string of the molecule is O=C(OCC12CC3CC(CC(C3)C1)C2)C(F)(C(F)(F)F)S(=O)(=O)OC(C1CCCC12OCCCO2)C(F)(F)F. The number of esters is 1. The summed E-state index contributed by atoms with van der Waals surface area (Å²) < 4.78 is 145. The second-order valence-corrected chi connectivity index (χ2v) is 13.6. The van der Waals surface area contributed by atoms with Gasteiger partial charge in [-0.05, 0) is 75.5 Å². The molecule has 3 unspecified atom stereocenters. The number of carbonyl (C=O) groups excluding carboxylic acids is 1. The highest BCUT2D eigenvalue weighted by atomic mass is 32.2. The van der Waals surface area contributed by atoms with Crippen molar-refractivity contribution in [3.8, 4) is 0 Å². The molecule has 0 aromatic carbocycles. The fourth-order valence-electron chi connectivity index (χ4n) is 7.99. The molecule has 0 aromatic rings. The Bertz CT molecular complexity index is 1020. The number of carbonyl (C=O) groups is 1. The van der Waals surface area contributed by atoms with Crippen LogP contribution >= 0.6 is 0 Å². The van der Waals surface area contributed by atoms with Gasteiger partial charge in [0.05, 0.1) is 19.8 Å². The summed E-state index contributed by atoms with van der Waals surface area (Å²) in [5.74, 6) is -5.85. The van der Waals surface area contributed by atoms with Crippen molar-refractivity contribution in [3.63, 3.8) is 0 Å². The summed E-state index contributed by atoms with van der Waals surface area (Å²) in [4.78, 5) is 12.6. The van der Waals surface area contributed by atoms with Gasteiger partial charge in [-0.2, -0.15) is 34.8 Å². The molecule has 5 aliphatic carbocycles. The van der Waals surface area contributed by atoms with Crippen molar-refractivity contribution >= 4 is 16.1 Å². The van der Waals surface area contributed by atoms with Gasteiger partial charge in [-0.15, -0.1) is 0 Å². The monoisotopic (exact) mass is 596 g/mol. The molecule has 6 rings (SSSR count). The van der Waals surface area contributed by atoms with Gasteiger partial charge in [0, 0.05) is 17.8 Å². The maximum Gasteiger partial charge on any atom is 0.451 e. The molecule has 1 saturated heterocycles. The first-order valence-corrected chi connectivity index (χ1v) is 14.6. The molecule has 4 bridgehead atoms. The third-order valence-electron chi connectivity index (χ3n) is 9.15. The molecule has 0 N–H and O–H groups in total. The number of hydrogen-bond donors (Lipinski definition) is 0. The van der Waals surface area contributed by atoms with Gasteiger partial charge in [0.15, 0.2) is 11.9 Å². The van der Waals surface area contributed by atoms with Crippen LogP contribution in [-0.4, -0.2) is 63.5 Å². The Morgan fingerprint density at radius 1 is 0.897 bits per heavy atom. The second kappa shape index (κ2) is 9.69. The molecule has 39 heavy (non-hydrogen) atoms. The predicted octanol–water partition coefficient (Wildman–Crippen LogP) is 5.18. The molecule has 6 aliphatic rings. The van der Waals surface area contributed by atoms with Gasteiger partial charge < -0.3 is 14.2 Å². The van der Waals surface area contributed by atoms with Crippen LogP contribution in [0.25, 0.3) is 0 Å². The molecule has 0 aromatic heterocycles. The first-order valence-electron chi connectivity index (χ1n) is 13.2. The smallest absolute Gasteiger partial charge is 0.451 e. The number of rotatable bonds is 7. The predicted molar refractivity (Wildman–Crippen MR) is 118 cm³/mol. The summed E-state index contributed by atoms with van der Waals surface area (Å²) in [6.45, 7) is -0.705. The zero-order chi connectivity index (χ0) is 28.5. The molecule has 6 fully saturated rings. The van der Waals surface area contributed by atoms with E-state index in [1.54, 1.807) is 0 Å². The highest BCUT2D eigenvalue weighted by Crippen LogP contribution is 2.60. The summed E-state index contributed by atoms with van der Waals surface area (Å²) in [5.41, 5.74) is -0.706. The van der Waals surface area contributed by atoms with Crippen LogP contribution in [0.1, 0.15) is 64.2 Å². The van der Waals surface area contributed by atoms with Crippen molar-refractivity contribution in [2.24, 2.45) is 29.1 Å². The van der Waals surface area contributed by atoms with Crippen LogP contribution in [0.2, 0.25) is 0 Å². The summed E-state index contributed by atoms with van der Waals surface area (Å²) in [6.07, 6.45) is -11.1. The van der Waals surface area contributed by atoms with E-state index in [4.69, 9.17) is 9.47 Å². The summed E-state index contributed by atoms with van der Waals surface area (Å²) in [7, 11) is -6.93. The van der Waals surface area contributed by atoms with Gasteiger partial charge in [-0.25, -0.2) is 9.18 Å². The van der Waals surface area contributed by atoms with Crippen molar-refractivity contribution in [1.29, 1.82) is 0 Å². The van der Waals surface area contributed by atoms with Crippen LogP contribution in [0.3, 0.4) is 0 Å². The molecular weight excluding hydrogens is 565 g/mol. The lowest BCUT2D eigenvalue weighted by Crippen LogP contribution is -2.60. The molecule has 0 radical (unpaired) electrons. The van der Waals surface area contributed by atoms with Gasteiger partial charge in [0.2, 0.25) is 0 Å². The topological polar surface area (TPSA) is 88.1 Å². The van der Waals surface area contributed by atoms with E-state index in [9.17, 15) is 39.6 Å².